The number of carbonyl (C=O) groups excluding carboxylic acids is 1. The highest BCUT2D eigenvalue weighted by Crippen LogP contribution is 2.31. The molecule has 5 heteroatoms. The lowest BCUT2D eigenvalue weighted by Crippen LogP contribution is -2.17. The van der Waals surface area contributed by atoms with Crippen LogP contribution >= 0.6 is 0 Å². The van der Waals surface area contributed by atoms with Gasteiger partial charge in [0.05, 0.1) is 24.2 Å². The molecule has 5 nitrogen and oxygen atoms in total. The summed E-state index contributed by atoms with van der Waals surface area (Å²) in [5.74, 6) is 0.781. The van der Waals surface area contributed by atoms with Gasteiger partial charge in [0.2, 0.25) is 0 Å². The van der Waals surface area contributed by atoms with Crippen LogP contribution in [0.4, 0.5) is 0 Å². The van der Waals surface area contributed by atoms with Gasteiger partial charge >= 0.3 is 5.97 Å². The number of pyridine rings is 1. The van der Waals surface area contributed by atoms with Crippen LogP contribution in [0.25, 0.3) is 16.7 Å². The molecule has 0 saturated heterocycles. The van der Waals surface area contributed by atoms with E-state index < -0.39 is 0 Å². The summed E-state index contributed by atoms with van der Waals surface area (Å²) < 4.78 is 7.31. The van der Waals surface area contributed by atoms with E-state index in [0.29, 0.717) is 6.61 Å². The second kappa shape index (κ2) is 5.74. The van der Waals surface area contributed by atoms with Gasteiger partial charge in [0, 0.05) is 11.9 Å². The minimum absolute atomic E-state index is 0.0555. The zero-order valence-corrected chi connectivity index (χ0v) is 13.8. The molecular formula is C19H19N3O2. The lowest BCUT2D eigenvalue weighted by atomic mass is 10.1. The normalized spacial score (nSPS) is 16.3. The maximum absolute atomic E-state index is 12.0. The van der Waals surface area contributed by atoms with Crippen molar-refractivity contribution in [2.75, 3.05) is 6.61 Å². The first-order valence-electron chi connectivity index (χ1n) is 8.25. The van der Waals surface area contributed by atoms with E-state index in [0.717, 1.165) is 35.4 Å². The van der Waals surface area contributed by atoms with Crippen molar-refractivity contribution in [2.45, 2.75) is 26.7 Å². The summed E-state index contributed by atoms with van der Waals surface area (Å²) >= 11 is 0. The summed E-state index contributed by atoms with van der Waals surface area (Å²) in [4.78, 5) is 20.7. The standard InChI is InChI=1S/C19H19N3O2/c1-3-24-19(23)15-8-13-4-5-16(10-14(13)9-15)22-12(2)21-17-11-20-7-6-18(17)22/h4-7,10-11,15H,3,8-9H2,1-2H3. The molecule has 0 saturated carbocycles. The first kappa shape index (κ1) is 14.9. The summed E-state index contributed by atoms with van der Waals surface area (Å²) in [5.41, 5.74) is 5.47. The molecule has 24 heavy (non-hydrogen) atoms. The van der Waals surface area contributed by atoms with Gasteiger partial charge in [0.25, 0.3) is 0 Å². The number of hydrogen-bond donors (Lipinski definition) is 0. The maximum atomic E-state index is 12.0. The molecule has 0 radical (unpaired) electrons. The van der Waals surface area contributed by atoms with Crippen LogP contribution in [-0.4, -0.2) is 27.1 Å². The number of aryl methyl sites for hydroxylation is 1. The zero-order chi connectivity index (χ0) is 16.7. The second-order valence-corrected chi connectivity index (χ2v) is 6.17. The second-order valence-electron chi connectivity index (χ2n) is 6.17. The number of benzene rings is 1. The molecule has 1 aromatic carbocycles. The number of aromatic nitrogens is 3. The Morgan fingerprint density at radius 3 is 2.96 bits per heavy atom. The number of ether oxygens (including phenoxy) is 1. The van der Waals surface area contributed by atoms with Crippen molar-refractivity contribution in [3.63, 3.8) is 0 Å². The molecule has 1 atom stereocenters. The van der Waals surface area contributed by atoms with Crippen molar-refractivity contribution in [1.29, 1.82) is 0 Å². The Kier molecular flexibility index (Phi) is 3.56. The molecule has 0 N–H and O–H groups in total. The number of imidazole rings is 1. The molecule has 122 valence electrons. The molecular weight excluding hydrogens is 302 g/mol. The molecule has 0 fully saturated rings. The molecule has 2 heterocycles. The first-order chi connectivity index (χ1) is 11.7. The summed E-state index contributed by atoms with van der Waals surface area (Å²) in [5, 5.41) is 0. The Morgan fingerprint density at radius 2 is 2.12 bits per heavy atom. The van der Waals surface area contributed by atoms with Gasteiger partial charge in [0.15, 0.2) is 0 Å². The Balaban J connectivity index is 1.72. The minimum atomic E-state index is -0.0921. The van der Waals surface area contributed by atoms with Gasteiger partial charge in [-0.3, -0.25) is 14.3 Å². The minimum Gasteiger partial charge on any atom is -0.466 e. The number of hydrogen-bond acceptors (Lipinski definition) is 4. The first-order valence-corrected chi connectivity index (χ1v) is 8.25. The highest BCUT2D eigenvalue weighted by atomic mass is 16.5. The SMILES string of the molecule is CCOC(=O)C1Cc2ccc(-n3c(C)nc4cnccc43)cc2C1. The van der Waals surface area contributed by atoms with E-state index in [1.165, 1.54) is 11.1 Å². The van der Waals surface area contributed by atoms with Crippen molar-refractivity contribution in [2.24, 2.45) is 5.92 Å². The van der Waals surface area contributed by atoms with Gasteiger partial charge in [-0.1, -0.05) is 6.07 Å². The van der Waals surface area contributed by atoms with Gasteiger partial charge in [-0.25, -0.2) is 4.98 Å². The third-order valence-electron chi connectivity index (χ3n) is 4.63. The van der Waals surface area contributed by atoms with E-state index in [2.05, 4.69) is 32.7 Å². The van der Waals surface area contributed by atoms with Crippen molar-refractivity contribution in [3.8, 4) is 5.69 Å². The van der Waals surface area contributed by atoms with Crippen molar-refractivity contribution in [1.82, 2.24) is 14.5 Å². The average molecular weight is 321 g/mol. The summed E-state index contributed by atoms with van der Waals surface area (Å²) in [7, 11) is 0. The summed E-state index contributed by atoms with van der Waals surface area (Å²) in [6.07, 6.45) is 5.07. The lowest BCUT2D eigenvalue weighted by Gasteiger charge is -2.09. The fraction of sp³-hybridized carbons (Fsp3) is 0.316. The third-order valence-corrected chi connectivity index (χ3v) is 4.63. The third kappa shape index (κ3) is 2.37. The average Bonchev–Trinajstić information content (AvgIpc) is 3.14. The molecule has 2 aromatic heterocycles. The summed E-state index contributed by atoms with van der Waals surface area (Å²) in [6, 6.07) is 8.37. The van der Waals surface area contributed by atoms with Gasteiger partial charge in [-0.2, -0.15) is 0 Å². The van der Waals surface area contributed by atoms with Crippen LogP contribution in [0.3, 0.4) is 0 Å². The topological polar surface area (TPSA) is 57.0 Å². The van der Waals surface area contributed by atoms with Crippen molar-refractivity contribution >= 4 is 17.0 Å². The van der Waals surface area contributed by atoms with E-state index in [-0.39, 0.29) is 11.9 Å². The molecule has 1 aliphatic carbocycles. The largest absolute Gasteiger partial charge is 0.466 e. The lowest BCUT2D eigenvalue weighted by molar-refractivity contribution is -0.147. The monoisotopic (exact) mass is 321 g/mol. The van der Waals surface area contributed by atoms with E-state index in [1.807, 2.05) is 19.9 Å². The maximum Gasteiger partial charge on any atom is 0.309 e. The highest BCUT2D eigenvalue weighted by molar-refractivity contribution is 5.78. The smallest absolute Gasteiger partial charge is 0.309 e. The Morgan fingerprint density at radius 1 is 1.29 bits per heavy atom. The predicted molar refractivity (Wildman–Crippen MR) is 91.1 cm³/mol. The van der Waals surface area contributed by atoms with Gasteiger partial charge in [0.1, 0.15) is 11.3 Å². The molecule has 0 aliphatic heterocycles. The molecule has 1 unspecified atom stereocenters. The fourth-order valence-electron chi connectivity index (χ4n) is 3.55. The quantitative estimate of drug-likeness (QED) is 0.696. The highest BCUT2D eigenvalue weighted by Gasteiger charge is 2.28. The van der Waals surface area contributed by atoms with Gasteiger partial charge in [-0.15, -0.1) is 0 Å². The number of rotatable bonds is 3. The van der Waals surface area contributed by atoms with Crippen LogP contribution in [-0.2, 0) is 22.4 Å². The zero-order valence-electron chi connectivity index (χ0n) is 13.8. The van der Waals surface area contributed by atoms with E-state index in [4.69, 9.17) is 4.74 Å². The fourth-order valence-corrected chi connectivity index (χ4v) is 3.55. The van der Waals surface area contributed by atoms with Gasteiger partial charge < -0.3 is 4.74 Å². The molecule has 4 rings (SSSR count). The van der Waals surface area contributed by atoms with Crippen molar-refractivity contribution < 1.29 is 9.53 Å². The molecule has 1 aliphatic rings. The van der Waals surface area contributed by atoms with Gasteiger partial charge in [-0.05, 0) is 56.0 Å². The Bertz CT molecular complexity index is 930. The number of carbonyl (C=O) groups is 1. The summed E-state index contributed by atoms with van der Waals surface area (Å²) in [6.45, 7) is 4.28. The molecule has 3 aromatic rings. The Labute approximate surface area is 140 Å². The van der Waals surface area contributed by atoms with E-state index in [9.17, 15) is 4.79 Å². The van der Waals surface area contributed by atoms with Crippen LogP contribution in [0.1, 0.15) is 23.9 Å². The van der Waals surface area contributed by atoms with E-state index >= 15 is 0 Å². The molecule has 0 amide bonds. The molecule has 0 spiro atoms. The van der Waals surface area contributed by atoms with Crippen molar-refractivity contribution in [3.05, 3.63) is 53.6 Å². The van der Waals surface area contributed by atoms with Crippen LogP contribution < -0.4 is 0 Å². The number of esters is 1. The van der Waals surface area contributed by atoms with Crippen LogP contribution in [0.5, 0.6) is 0 Å². The predicted octanol–water partition coefficient (Wildman–Crippen LogP) is 3.01. The number of nitrogens with zero attached hydrogens (tertiary/aromatic N) is 3. The van der Waals surface area contributed by atoms with Crippen LogP contribution in [0, 0.1) is 12.8 Å². The van der Waals surface area contributed by atoms with E-state index in [1.54, 1.807) is 12.4 Å². The number of fused-ring (bicyclic) bond motifs is 2. The van der Waals surface area contributed by atoms with Crippen LogP contribution in [0.15, 0.2) is 36.7 Å². The van der Waals surface area contributed by atoms with Crippen LogP contribution in [0.2, 0.25) is 0 Å². The Hall–Kier alpha value is -2.69. The molecule has 0 bridgehead atoms.